The maximum absolute atomic E-state index is 13.8. The Morgan fingerprint density at radius 3 is 2.34 bits per heavy atom. The van der Waals surface area contributed by atoms with Gasteiger partial charge in [0.15, 0.2) is 0 Å². The first-order valence-corrected chi connectivity index (χ1v) is 17.0. The molecule has 3 saturated carbocycles. The van der Waals surface area contributed by atoms with Crippen molar-refractivity contribution in [2.24, 2.45) is 33.5 Å². The molecule has 1 aromatic heterocycles. The third kappa shape index (κ3) is 4.68. The number of fused-ring (bicyclic) bond motifs is 4. The standard InChI is InChI=1S/C39H46O8/c1-23(40)45-30-20-31(46-24(2)41)39(6)29-16-18-36(3)27(26-17-19-43-21-26)13-14-28(36)38(29,5)35(33-34(39)37(30,4)22-44-33)47-32(42)15-12-25-10-8-7-9-11-25/h7-12,14-15,17,19,21,27,29-31,33-35H,13,16,18,20,22H2,1-6H3/b15-12+/t27?,29?,30?,31?,33?,34?,35?,36?,37-,38-,39-/m0/s1. The summed E-state index contributed by atoms with van der Waals surface area (Å²) in [6.45, 7) is 12.2. The summed E-state index contributed by atoms with van der Waals surface area (Å²) in [5, 5.41) is 0. The highest BCUT2D eigenvalue weighted by Gasteiger charge is 2.78. The highest BCUT2D eigenvalue weighted by atomic mass is 16.6. The van der Waals surface area contributed by atoms with Gasteiger partial charge in [-0.2, -0.15) is 0 Å². The number of benzene rings is 1. The Hall–Kier alpha value is -3.65. The van der Waals surface area contributed by atoms with Crippen LogP contribution in [0.3, 0.4) is 0 Å². The summed E-state index contributed by atoms with van der Waals surface area (Å²) in [5.41, 5.74) is 1.40. The van der Waals surface area contributed by atoms with Gasteiger partial charge in [0.25, 0.3) is 0 Å². The molecule has 5 aliphatic rings. The second-order valence-corrected chi connectivity index (χ2v) is 15.4. The highest BCUT2D eigenvalue weighted by molar-refractivity contribution is 5.87. The fraction of sp³-hybridized carbons (Fsp3) is 0.564. The van der Waals surface area contributed by atoms with Gasteiger partial charge in [-0.15, -0.1) is 0 Å². The number of allylic oxidation sites excluding steroid dienone is 1. The van der Waals surface area contributed by atoms with Gasteiger partial charge in [0, 0.05) is 48.5 Å². The summed E-state index contributed by atoms with van der Waals surface area (Å²) in [5.74, 6) is -1.16. The molecule has 4 fully saturated rings. The first-order chi connectivity index (χ1) is 22.3. The third-order valence-electron chi connectivity index (χ3n) is 13.0. The lowest BCUT2D eigenvalue weighted by atomic mass is 9.36. The zero-order valence-electron chi connectivity index (χ0n) is 28.2. The van der Waals surface area contributed by atoms with E-state index >= 15 is 0 Å². The van der Waals surface area contributed by atoms with Crippen molar-refractivity contribution in [2.45, 2.75) is 97.6 Å². The van der Waals surface area contributed by atoms with Crippen LogP contribution in [-0.4, -0.2) is 48.9 Å². The van der Waals surface area contributed by atoms with Crippen LogP contribution in [0.4, 0.5) is 0 Å². The van der Waals surface area contributed by atoms with Crippen molar-refractivity contribution < 1.29 is 37.7 Å². The van der Waals surface area contributed by atoms with E-state index in [1.165, 1.54) is 31.1 Å². The molecule has 1 saturated heterocycles. The minimum atomic E-state index is -0.629. The summed E-state index contributed by atoms with van der Waals surface area (Å²) in [4.78, 5) is 38.9. The smallest absolute Gasteiger partial charge is 0.331 e. The Balaban J connectivity index is 1.36. The molecule has 0 amide bonds. The van der Waals surface area contributed by atoms with Crippen LogP contribution in [0.15, 0.2) is 71.1 Å². The molecule has 7 rings (SSSR count). The van der Waals surface area contributed by atoms with Gasteiger partial charge < -0.3 is 23.4 Å². The van der Waals surface area contributed by atoms with Gasteiger partial charge in [-0.05, 0) is 59.8 Å². The van der Waals surface area contributed by atoms with E-state index in [1.54, 1.807) is 12.3 Å². The van der Waals surface area contributed by atoms with Crippen LogP contribution >= 0.6 is 0 Å². The lowest BCUT2D eigenvalue weighted by Crippen LogP contribution is -2.73. The van der Waals surface area contributed by atoms with E-state index < -0.39 is 46.6 Å². The van der Waals surface area contributed by atoms with Crippen molar-refractivity contribution in [1.29, 1.82) is 0 Å². The average molecular weight is 643 g/mol. The van der Waals surface area contributed by atoms with Crippen LogP contribution in [0, 0.1) is 33.5 Å². The van der Waals surface area contributed by atoms with Gasteiger partial charge in [0.2, 0.25) is 0 Å². The molecular formula is C39H46O8. The van der Waals surface area contributed by atoms with Crippen molar-refractivity contribution in [2.75, 3.05) is 6.61 Å². The van der Waals surface area contributed by atoms with Gasteiger partial charge in [-0.1, -0.05) is 69.7 Å². The van der Waals surface area contributed by atoms with Gasteiger partial charge in [0.05, 0.1) is 25.2 Å². The van der Waals surface area contributed by atoms with Crippen LogP contribution in [0.1, 0.15) is 84.3 Å². The number of hydrogen-bond donors (Lipinski definition) is 0. The molecule has 8 nitrogen and oxygen atoms in total. The molecule has 0 bridgehead atoms. The normalized spacial score (nSPS) is 41.7. The summed E-state index contributed by atoms with van der Waals surface area (Å²) >= 11 is 0. The molecule has 0 spiro atoms. The maximum atomic E-state index is 13.8. The molecule has 11 atom stereocenters. The molecule has 8 heteroatoms. The quantitative estimate of drug-likeness (QED) is 0.143. The fourth-order valence-corrected chi connectivity index (χ4v) is 11.3. The highest BCUT2D eigenvalue weighted by Crippen LogP contribution is 2.76. The van der Waals surface area contributed by atoms with E-state index in [-0.39, 0.29) is 35.1 Å². The molecule has 8 unspecified atom stereocenters. The number of esters is 3. The molecule has 4 aliphatic carbocycles. The molecule has 2 aromatic rings. The van der Waals surface area contributed by atoms with Crippen LogP contribution in [0.5, 0.6) is 0 Å². The largest absolute Gasteiger partial charge is 0.472 e. The van der Waals surface area contributed by atoms with E-state index in [0.29, 0.717) is 13.0 Å². The monoisotopic (exact) mass is 642 g/mol. The maximum Gasteiger partial charge on any atom is 0.331 e. The Morgan fingerprint density at radius 2 is 1.66 bits per heavy atom. The molecule has 250 valence electrons. The van der Waals surface area contributed by atoms with Crippen molar-refractivity contribution in [3.8, 4) is 0 Å². The van der Waals surface area contributed by atoms with E-state index in [2.05, 4.69) is 39.8 Å². The molecule has 1 aliphatic heterocycles. The summed E-state index contributed by atoms with van der Waals surface area (Å²) in [6.07, 6.45) is 10.1. The Labute approximate surface area is 276 Å². The van der Waals surface area contributed by atoms with E-state index in [0.717, 1.165) is 24.8 Å². The van der Waals surface area contributed by atoms with Gasteiger partial charge in [0.1, 0.15) is 18.3 Å². The lowest BCUT2D eigenvalue weighted by Gasteiger charge is -2.69. The van der Waals surface area contributed by atoms with Crippen molar-refractivity contribution in [1.82, 2.24) is 0 Å². The van der Waals surface area contributed by atoms with E-state index in [4.69, 9.17) is 23.4 Å². The summed E-state index contributed by atoms with van der Waals surface area (Å²) in [6, 6.07) is 11.7. The number of hydrogen-bond acceptors (Lipinski definition) is 8. The average Bonchev–Trinajstić information content (AvgIpc) is 3.75. The summed E-state index contributed by atoms with van der Waals surface area (Å²) < 4.78 is 31.2. The Kier molecular flexibility index (Phi) is 7.62. The molecule has 47 heavy (non-hydrogen) atoms. The van der Waals surface area contributed by atoms with Crippen LogP contribution in [0.2, 0.25) is 0 Å². The van der Waals surface area contributed by atoms with E-state index in [9.17, 15) is 14.4 Å². The van der Waals surface area contributed by atoms with Gasteiger partial charge in [-0.25, -0.2) is 4.79 Å². The Bertz CT molecular complexity index is 1610. The minimum Gasteiger partial charge on any atom is -0.472 e. The van der Waals surface area contributed by atoms with Gasteiger partial charge >= 0.3 is 17.9 Å². The van der Waals surface area contributed by atoms with Crippen LogP contribution in [-0.2, 0) is 33.3 Å². The molecule has 2 heterocycles. The second-order valence-electron chi connectivity index (χ2n) is 15.4. The predicted molar refractivity (Wildman–Crippen MR) is 174 cm³/mol. The van der Waals surface area contributed by atoms with E-state index in [1.807, 2.05) is 36.6 Å². The molecule has 0 N–H and O–H groups in total. The summed E-state index contributed by atoms with van der Waals surface area (Å²) in [7, 11) is 0. The lowest BCUT2D eigenvalue weighted by molar-refractivity contribution is -0.265. The van der Waals surface area contributed by atoms with Crippen molar-refractivity contribution in [3.05, 3.63) is 77.8 Å². The number of carbonyl (C=O) groups excluding carboxylic acids is 3. The van der Waals surface area contributed by atoms with Crippen molar-refractivity contribution >= 4 is 24.0 Å². The molecule has 1 aromatic carbocycles. The second kappa shape index (κ2) is 11.2. The zero-order valence-corrected chi connectivity index (χ0v) is 28.2. The Morgan fingerprint density at radius 1 is 0.936 bits per heavy atom. The molecular weight excluding hydrogens is 596 g/mol. The van der Waals surface area contributed by atoms with Crippen LogP contribution < -0.4 is 0 Å². The third-order valence-corrected chi connectivity index (χ3v) is 13.0. The number of rotatable bonds is 6. The SMILES string of the molecule is CC(=O)OC1CC(OC(C)=O)[C@@]2(C)C3C(OC[C@@]13C)C(OC(=O)/C=C/c1ccccc1)[C@@]1(C)C3=CCC(c4ccoc4)C3(C)CCC12. The molecule has 0 radical (unpaired) electrons. The van der Waals surface area contributed by atoms with Gasteiger partial charge in [-0.3, -0.25) is 9.59 Å². The number of ether oxygens (including phenoxy) is 4. The van der Waals surface area contributed by atoms with Crippen LogP contribution in [0.25, 0.3) is 6.08 Å². The predicted octanol–water partition coefficient (Wildman–Crippen LogP) is 7.05. The number of furan rings is 1. The fourth-order valence-electron chi connectivity index (χ4n) is 11.3. The first kappa shape index (κ1) is 31.9. The van der Waals surface area contributed by atoms with Crippen molar-refractivity contribution in [3.63, 3.8) is 0 Å². The minimum absolute atomic E-state index is 0.0155. The topological polar surface area (TPSA) is 101 Å². The zero-order chi connectivity index (χ0) is 33.4. The number of carbonyl (C=O) groups is 3. The first-order valence-electron chi connectivity index (χ1n) is 17.0.